The van der Waals surface area contributed by atoms with Gasteiger partial charge in [0.25, 0.3) is 0 Å². The second-order valence-corrected chi connectivity index (χ2v) is 5.33. The number of aromatic nitrogens is 1. The van der Waals surface area contributed by atoms with Crippen molar-refractivity contribution >= 4 is 20.9 Å². The normalized spacial score (nSPS) is 12.1. The molecule has 0 unspecified atom stereocenters. The number of nitrogens with zero attached hydrogens (tertiary/aromatic N) is 1. The molecule has 0 atom stereocenters. The molecule has 2 rings (SSSR count). The lowest BCUT2D eigenvalue weighted by Gasteiger charge is -2.02. The van der Waals surface area contributed by atoms with Gasteiger partial charge in [0, 0.05) is 18.1 Å². The Hall–Kier alpha value is -1.33. The Balaban J connectivity index is 2.73. The molecule has 0 aliphatic heterocycles. The van der Waals surface area contributed by atoms with Gasteiger partial charge in [0.2, 0.25) is 10.0 Å². The van der Waals surface area contributed by atoms with Gasteiger partial charge in [0.15, 0.2) is 0 Å². The largest absolute Gasteiger partial charge is 0.326 e. The van der Waals surface area contributed by atoms with E-state index in [-0.39, 0.29) is 0 Å². The van der Waals surface area contributed by atoms with Crippen LogP contribution in [0, 0.1) is 0 Å². The van der Waals surface area contributed by atoms with Crippen molar-refractivity contribution in [1.29, 1.82) is 0 Å². The first-order valence-corrected chi connectivity index (χ1v) is 6.38. The minimum atomic E-state index is -3.22. The van der Waals surface area contributed by atoms with Crippen molar-refractivity contribution in [3.05, 3.63) is 36.0 Å². The number of nitrogens with two attached hydrogens (primary N) is 1. The molecule has 0 bridgehead atoms. The van der Waals surface area contributed by atoms with Crippen molar-refractivity contribution in [2.75, 3.05) is 6.26 Å². The molecule has 5 heteroatoms. The van der Waals surface area contributed by atoms with Crippen molar-refractivity contribution in [3.63, 3.8) is 0 Å². The summed E-state index contributed by atoms with van der Waals surface area (Å²) in [5.74, 6) is 0. The Morgan fingerprint density at radius 2 is 2.07 bits per heavy atom. The molecule has 0 amide bonds. The van der Waals surface area contributed by atoms with E-state index in [0.717, 1.165) is 10.9 Å². The van der Waals surface area contributed by atoms with E-state index in [0.29, 0.717) is 12.1 Å². The topological polar surface area (TPSA) is 65.1 Å². The van der Waals surface area contributed by atoms with Gasteiger partial charge in [-0.2, -0.15) is 0 Å². The third kappa shape index (κ3) is 1.75. The maximum atomic E-state index is 11.4. The highest BCUT2D eigenvalue weighted by Crippen LogP contribution is 2.18. The summed E-state index contributed by atoms with van der Waals surface area (Å²) in [4.78, 5) is 0. The van der Waals surface area contributed by atoms with Crippen LogP contribution in [0.1, 0.15) is 5.56 Å². The van der Waals surface area contributed by atoms with Gasteiger partial charge < -0.3 is 5.73 Å². The Morgan fingerprint density at radius 3 is 2.67 bits per heavy atom. The van der Waals surface area contributed by atoms with Crippen molar-refractivity contribution < 1.29 is 8.42 Å². The van der Waals surface area contributed by atoms with Crippen LogP contribution in [0.25, 0.3) is 10.9 Å². The van der Waals surface area contributed by atoms with Gasteiger partial charge in [-0.3, -0.25) is 0 Å². The molecule has 0 saturated heterocycles. The molecule has 0 fully saturated rings. The van der Waals surface area contributed by atoms with Crippen LogP contribution in [0.4, 0.5) is 0 Å². The molecule has 1 aromatic heterocycles. The molecule has 15 heavy (non-hydrogen) atoms. The van der Waals surface area contributed by atoms with Gasteiger partial charge in [0.1, 0.15) is 0 Å². The number of hydrogen-bond acceptors (Lipinski definition) is 3. The maximum absolute atomic E-state index is 11.4. The average molecular weight is 224 g/mol. The highest BCUT2D eigenvalue weighted by atomic mass is 32.2. The summed E-state index contributed by atoms with van der Waals surface area (Å²) in [5, 5.41) is 0.892. The van der Waals surface area contributed by atoms with Crippen LogP contribution in [0.2, 0.25) is 0 Å². The van der Waals surface area contributed by atoms with E-state index < -0.39 is 10.0 Å². The van der Waals surface area contributed by atoms with Crippen molar-refractivity contribution in [1.82, 2.24) is 3.97 Å². The van der Waals surface area contributed by atoms with E-state index >= 15 is 0 Å². The SMILES string of the molecule is CS(=O)(=O)n1ccc2cc(CN)ccc21. The minimum Gasteiger partial charge on any atom is -0.326 e. The fourth-order valence-electron chi connectivity index (χ4n) is 1.58. The van der Waals surface area contributed by atoms with Crippen molar-refractivity contribution in [3.8, 4) is 0 Å². The van der Waals surface area contributed by atoms with Crippen LogP contribution in [-0.4, -0.2) is 18.6 Å². The van der Waals surface area contributed by atoms with E-state index in [9.17, 15) is 8.42 Å². The quantitative estimate of drug-likeness (QED) is 0.824. The van der Waals surface area contributed by atoms with E-state index in [2.05, 4.69) is 0 Å². The van der Waals surface area contributed by atoms with Gasteiger partial charge in [0.05, 0.1) is 11.8 Å². The van der Waals surface area contributed by atoms with Crippen LogP contribution in [0.15, 0.2) is 30.5 Å². The first-order valence-electron chi connectivity index (χ1n) is 4.53. The van der Waals surface area contributed by atoms with Crippen LogP contribution in [-0.2, 0) is 16.6 Å². The lowest BCUT2D eigenvalue weighted by molar-refractivity contribution is 0.595. The lowest BCUT2D eigenvalue weighted by atomic mass is 10.1. The molecule has 2 N–H and O–H groups in total. The summed E-state index contributed by atoms with van der Waals surface area (Å²) in [6.45, 7) is 0.458. The Morgan fingerprint density at radius 1 is 1.33 bits per heavy atom. The van der Waals surface area contributed by atoms with Gasteiger partial charge >= 0.3 is 0 Å². The van der Waals surface area contributed by atoms with Crippen LogP contribution in [0.5, 0.6) is 0 Å². The van der Waals surface area contributed by atoms with Crippen molar-refractivity contribution in [2.24, 2.45) is 5.73 Å². The van der Waals surface area contributed by atoms with E-state index in [1.807, 2.05) is 12.1 Å². The second kappa shape index (κ2) is 3.36. The second-order valence-electron chi connectivity index (χ2n) is 3.47. The van der Waals surface area contributed by atoms with Crippen molar-refractivity contribution in [2.45, 2.75) is 6.54 Å². The Kier molecular flexibility index (Phi) is 2.28. The minimum absolute atomic E-state index is 0.458. The summed E-state index contributed by atoms with van der Waals surface area (Å²) in [6, 6.07) is 7.29. The standard InChI is InChI=1S/C10H12N2O2S/c1-15(13,14)12-5-4-9-6-8(7-11)2-3-10(9)12/h2-6H,7,11H2,1H3. The molecule has 1 aromatic carbocycles. The smallest absolute Gasteiger partial charge is 0.236 e. The van der Waals surface area contributed by atoms with E-state index in [4.69, 9.17) is 5.73 Å². The first-order chi connectivity index (χ1) is 7.02. The highest BCUT2D eigenvalue weighted by molar-refractivity contribution is 7.89. The molecular weight excluding hydrogens is 212 g/mol. The molecule has 0 aliphatic carbocycles. The van der Waals surface area contributed by atoms with Gasteiger partial charge in [-0.05, 0) is 23.8 Å². The average Bonchev–Trinajstić information content (AvgIpc) is 2.59. The van der Waals surface area contributed by atoms with E-state index in [1.165, 1.54) is 10.2 Å². The van der Waals surface area contributed by atoms with E-state index in [1.54, 1.807) is 18.3 Å². The Labute approximate surface area is 88.4 Å². The third-order valence-electron chi connectivity index (χ3n) is 2.31. The molecule has 0 saturated carbocycles. The molecule has 0 radical (unpaired) electrons. The molecule has 2 aromatic rings. The summed E-state index contributed by atoms with van der Waals surface area (Å²) in [7, 11) is -3.22. The predicted octanol–water partition coefficient (Wildman–Crippen LogP) is 0.908. The first kappa shape index (κ1) is 10.2. The number of fused-ring (bicyclic) bond motifs is 1. The maximum Gasteiger partial charge on any atom is 0.236 e. The van der Waals surface area contributed by atoms with Gasteiger partial charge in [-0.1, -0.05) is 6.07 Å². The Bertz CT molecular complexity index is 599. The van der Waals surface area contributed by atoms with Crippen LogP contribution < -0.4 is 5.73 Å². The van der Waals surface area contributed by atoms with Crippen LogP contribution in [0.3, 0.4) is 0 Å². The summed E-state index contributed by atoms with van der Waals surface area (Å²) in [5.41, 5.74) is 7.19. The molecule has 0 spiro atoms. The zero-order valence-corrected chi connectivity index (χ0v) is 9.16. The molecule has 1 heterocycles. The molecule has 80 valence electrons. The zero-order valence-electron chi connectivity index (χ0n) is 8.34. The molecule has 4 nitrogen and oxygen atoms in total. The third-order valence-corrected chi connectivity index (χ3v) is 3.34. The fourth-order valence-corrected chi connectivity index (χ4v) is 2.39. The fraction of sp³-hybridized carbons (Fsp3) is 0.200. The lowest BCUT2D eigenvalue weighted by Crippen LogP contribution is -2.08. The zero-order chi connectivity index (χ0) is 11.1. The summed E-state index contributed by atoms with van der Waals surface area (Å²) >= 11 is 0. The molecular formula is C10H12N2O2S. The number of benzene rings is 1. The molecule has 0 aliphatic rings. The summed E-state index contributed by atoms with van der Waals surface area (Å²) < 4.78 is 24.1. The van der Waals surface area contributed by atoms with Gasteiger partial charge in [-0.15, -0.1) is 0 Å². The monoisotopic (exact) mass is 224 g/mol. The number of hydrogen-bond donors (Lipinski definition) is 1. The number of rotatable bonds is 2. The predicted molar refractivity (Wildman–Crippen MR) is 60.1 cm³/mol. The van der Waals surface area contributed by atoms with Gasteiger partial charge in [-0.25, -0.2) is 12.4 Å². The summed E-state index contributed by atoms with van der Waals surface area (Å²) in [6.07, 6.45) is 2.74. The van der Waals surface area contributed by atoms with Crippen LogP contribution >= 0.6 is 0 Å². The highest BCUT2D eigenvalue weighted by Gasteiger charge is 2.09.